The van der Waals surface area contributed by atoms with Crippen molar-refractivity contribution in [2.24, 2.45) is 0 Å². The van der Waals surface area contributed by atoms with E-state index < -0.39 is 5.60 Å². The van der Waals surface area contributed by atoms with Crippen LogP contribution in [-0.2, 0) is 9.53 Å². The zero-order valence-corrected chi connectivity index (χ0v) is 10.1. The molecule has 94 valence electrons. The van der Waals surface area contributed by atoms with E-state index in [9.17, 15) is 9.90 Å². The maximum atomic E-state index is 10.9. The first kappa shape index (κ1) is 13.5. The van der Waals surface area contributed by atoms with Crippen molar-refractivity contribution in [1.29, 1.82) is 0 Å². The Morgan fingerprint density at radius 3 is 2.50 bits per heavy atom. The molecule has 0 aliphatic heterocycles. The van der Waals surface area contributed by atoms with Gasteiger partial charge in [0.05, 0.1) is 19.1 Å². The fraction of sp³-hybridized carbons (Fsp3) is 0.917. The van der Waals surface area contributed by atoms with E-state index >= 15 is 0 Å². The zero-order chi connectivity index (χ0) is 11.9. The van der Waals surface area contributed by atoms with Gasteiger partial charge in [-0.3, -0.25) is 4.79 Å². The van der Waals surface area contributed by atoms with Crippen molar-refractivity contribution < 1.29 is 14.6 Å². The van der Waals surface area contributed by atoms with Crippen LogP contribution in [0.4, 0.5) is 0 Å². The molecule has 2 N–H and O–H groups in total. The molecule has 1 rings (SSSR count). The van der Waals surface area contributed by atoms with Crippen LogP contribution in [0.1, 0.15) is 44.9 Å². The summed E-state index contributed by atoms with van der Waals surface area (Å²) in [5.74, 6) is -0.208. The quantitative estimate of drug-likeness (QED) is 0.423. The summed E-state index contributed by atoms with van der Waals surface area (Å²) in [5.41, 5.74) is -0.563. The van der Waals surface area contributed by atoms with Gasteiger partial charge in [0, 0.05) is 13.1 Å². The summed E-state index contributed by atoms with van der Waals surface area (Å²) in [6, 6.07) is 0. The largest absolute Gasteiger partial charge is 0.469 e. The number of hydrogen-bond donors (Lipinski definition) is 2. The van der Waals surface area contributed by atoms with Gasteiger partial charge in [-0.2, -0.15) is 0 Å². The minimum absolute atomic E-state index is 0.208. The standard InChI is InChI=1S/C12H23NO3/c1-16-11(14)6-9-13-10-12(15)7-4-2-3-5-8-12/h13,15H,2-10H2,1H3. The van der Waals surface area contributed by atoms with Crippen molar-refractivity contribution >= 4 is 5.97 Å². The van der Waals surface area contributed by atoms with Crippen molar-refractivity contribution in [3.63, 3.8) is 0 Å². The first-order valence-corrected chi connectivity index (χ1v) is 6.16. The van der Waals surface area contributed by atoms with Gasteiger partial charge in [-0.15, -0.1) is 0 Å². The first-order valence-electron chi connectivity index (χ1n) is 6.16. The third-order valence-electron chi connectivity index (χ3n) is 3.22. The smallest absolute Gasteiger partial charge is 0.306 e. The van der Waals surface area contributed by atoms with E-state index in [2.05, 4.69) is 10.1 Å². The van der Waals surface area contributed by atoms with E-state index in [0.29, 0.717) is 19.5 Å². The predicted octanol–water partition coefficient (Wildman–Crippen LogP) is 1.22. The Balaban J connectivity index is 2.17. The molecular weight excluding hydrogens is 206 g/mol. The van der Waals surface area contributed by atoms with Crippen molar-refractivity contribution in [2.75, 3.05) is 20.2 Å². The highest BCUT2D eigenvalue weighted by atomic mass is 16.5. The fourth-order valence-corrected chi connectivity index (χ4v) is 2.18. The number of carbonyl (C=O) groups excluding carboxylic acids is 1. The molecule has 0 aromatic rings. The first-order chi connectivity index (χ1) is 7.66. The van der Waals surface area contributed by atoms with Crippen molar-refractivity contribution in [1.82, 2.24) is 5.32 Å². The molecule has 0 saturated heterocycles. The van der Waals surface area contributed by atoms with Gasteiger partial charge < -0.3 is 15.2 Å². The molecule has 0 aromatic carbocycles. The third kappa shape index (κ3) is 4.94. The van der Waals surface area contributed by atoms with Gasteiger partial charge in [0.1, 0.15) is 0 Å². The number of esters is 1. The summed E-state index contributed by atoms with van der Waals surface area (Å²) in [6.07, 6.45) is 6.78. The number of ether oxygens (including phenoxy) is 1. The number of methoxy groups -OCH3 is 1. The Morgan fingerprint density at radius 1 is 1.31 bits per heavy atom. The van der Waals surface area contributed by atoms with Crippen LogP contribution in [0.5, 0.6) is 0 Å². The van der Waals surface area contributed by atoms with Crippen molar-refractivity contribution in [3.05, 3.63) is 0 Å². The molecule has 0 amide bonds. The van der Waals surface area contributed by atoms with E-state index in [0.717, 1.165) is 25.7 Å². The fourth-order valence-electron chi connectivity index (χ4n) is 2.18. The Morgan fingerprint density at radius 2 is 1.94 bits per heavy atom. The van der Waals surface area contributed by atoms with Gasteiger partial charge in [-0.1, -0.05) is 25.7 Å². The molecule has 0 unspecified atom stereocenters. The second kappa shape index (κ2) is 6.86. The second-order valence-corrected chi connectivity index (χ2v) is 4.64. The molecule has 16 heavy (non-hydrogen) atoms. The maximum Gasteiger partial charge on any atom is 0.306 e. The molecule has 0 aromatic heterocycles. The highest BCUT2D eigenvalue weighted by Gasteiger charge is 2.27. The van der Waals surface area contributed by atoms with E-state index in [4.69, 9.17) is 0 Å². The topological polar surface area (TPSA) is 58.6 Å². The van der Waals surface area contributed by atoms with Gasteiger partial charge in [0.25, 0.3) is 0 Å². The average Bonchev–Trinajstić information content (AvgIpc) is 2.50. The van der Waals surface area contributed by atoms with Gasteiger partial charge in [0.2, 0.25) is 0 Å². The normalized spacial score (nSPS) is 20.1. The lowest BCUT2D eigenvalue weighted by Crippen LogP contribution is -2.40. The van der Waals surface area contributed by atoms with Crippen LogP contribution in [0, 0.1) is 0 Å². The molecule has 1 saturated carbocycles. The van der Waals surface area contributed by atoms with E-state index in [1.807, 2.05) is 0 Å². The van der Waals surface area contributed by atoms with Gasteiger partial charge in [-0.05, 0) is 12.8 Å². The highest BCUT2D eigenvalue weighted by molar-refractivity contribution is 5.69. The number of rotatable bonds is 5. The SMILES string of the molecule is COC(=O)CCNCC1(O)CCCCCC1. The Kier molecular flexibility index (Phi) is 5.77. The summed E-state index contributed by atoms with van der Waals surface area (Å²) in [5, 5.41) is 13.4. The summed E-state index contributed by atoms with van der Waals surface area (Å²) in [7, 11) is 1.39. The molecule has 0 atom stereocenters. The molecule has 1 aliphatic carbocycles. The monoisotopic (exact) mass is 229 g/mol. The van der Waals surface area contributed by atoms with Crippen LogP contribution in [0.15, 0.2) is 0 Å². The van der Waals surface area contributed by atoms with Crippen LogP contribution >= 0.6 is 0 Å². The molecular formula is C12H23NO3. The molecule has 1 fully saturated rings. The van der Waals surface area contributed by atoms with Gasteiger partial charge >= 0.3 is 5.97 Å². The zero-order valence-electron chi connectivity index (χ0n) is 10.1. The van der Waals surface area contributed by atoms with Crippen LogP contribution < -0.4 is 5.32 Å². The lowest BCUT2D eigenvalue weighted by atomic mass is 9.94. The molecule has 4 heteroatoms. The Labute approximate surface area is 97.4 Å². The van der Waals surface area contributed by atoms with E-state index in [1.165, 1.54) is 20.0 Å². The lowest BCUT2D eigenvalue weighted by molar-refractivity contribution is -0.140. The maximum absolute atomic E-state index is 10.9. The van der Waals surface area contributed by atoms with E-state index in [-0.39, 0.29) is 5.97 Å². The summed E-state index contributed by atoms with van der Waals surface area (Å²) in [4.78, 5) is 10.9. The van der Waals surface area contributed by atoms with Crippen LogP contribution in [0.3, 0.4) is 0 Å². The molecule has 0 spiro atoms. The minimum Gasteiger partial charge on any atom is -0.469 e. The lowest BCUT2D eigenvalue weighted by Gasteiger charge is -2.26. The molecule has 0 heterocycles. The minimum atomic E-state index is -0.563. The molecule has 0 radical (unpaired) electrons. The summed E-state index contributed by atoms with van der Waals surface area (Å²) in [6.45, 7) is 1.17. The van der Waals surface area contributed by atoms with Crippen LogP contribution in [0.25, 0.3) is 0 Å². The number of aliphatic hydroxyl groups is 1. The Hall–Kier alpha value is -0.610. The summed E-state index contributed by atoms with van der Waals surface area (Å²) >= 11 is 0. The van der Waals surface area contributed by atoms with Crippen molar-refractivity contribution in [3.8, 4) is 0 Å². The second-order valence-electron chi connectivity index (χ2n) is 4.64. The third-order valence-corrected chi connectivity index (χ3v) is 3.22. The van der Waals surface area contributed by atoms with E-state index in [1.54, 1.807) is 0 Å². The molecule has 0 bridgehead atoms. The summed E-state index contributed by atoms with van der Waals surface area (Å²) < 4.78 is 4.55. The Bertz CT molecular complexity index is 210. The number of carbonyl (C=O) groups is 1. The molecule has 1 aliphatic rings. The van der Waals surface area contributed by atoms with Gasteiger partial charge in [0.15, 0.2) is 0 Å². The average molecular weight is 229 g/mol. The highest BCUT2D eigenvalue weighted by Crippen LogP contribution is 2.26. The van der Waals surface area contributed by atoms with Crippen LogP contribution in [-0.4, -0.2) is 36.9 Å². The van der Waals surface area contributed by atoms with Crippen molar-refractivity contribution in [2.45, 2.75) is 50.5 Å². The predicted molar refractivity (Wildman–Crippen MR) is 62.2 cm³/mol. The number of nitrogens with one attached hydrogen (secondary N) is 1. The van der Waals surface area contributed by atoms with Crippen LogP contribution in [0.2, 0.25) is 0 Å². The molecule has 4 nitrogen and oxygen atoms in total. The number of hydrogen-bond acceptors (Lipinski definition) is 4. The van der Waals surface area contributed by atoms with Gasteiger partial charge in [-0.25, -0.2) is 0 Å².